The number of H-pyrrole nitrogens is 1. The Labute approximate surface area is 159 Å². The van der Waals surface area contributed by atoms with Gasteiger partial charge in [-0.1, -0.05) is 23.3 Å². The van der Waals surface area contributed by atoms with Gasteiger partial charge >= 0.3 is 0 Å². The molecule has 3 aromatic heterocycles. The minimum atomic E-state index is -0.0782. The number of fused-ring (bicyclic) bond motifs is 1. The van der Waals surface area contributed by atoms with Crippen molar-refractivity contribution in [2.75, 3.05) is 23.7 Å². The predicted octanol–water partition coefficient (Wildman–Crippen LogP) is 2.33. The average Bonchev–Trinajstić information content (AvgIpc) is 3.31. The first-order valence-corrected chi connectivity index (χ1v) is 8.77. The zero-order chi connectivity index (χ0) is 18.8. The number of nitrogens with zero attached hydrogens (tertiary/aromatic N) is 5. The highest BCUT2D eigenvalue weighted by Crippen LogP contribution is 2.29. The van der Waals surface area contributed by atoms with Gasteiger partial charge in [0.25, 0.3) is 0 Å². The SMILES string of the molecule is C=CC(=O)N1CCC[C@@H](Nc2nc(Nc3cnoc3)nc3[nH]nc(Cl)c23)C1. The van der Waals surface area contributed by atoms with Crippen LogP contribution in [-0.4, -0.2) is 55.3 Å². The van der Waals surface area contributed by atoms with Crippen LogP contribution in [0.4, 0.5) is 17.5 Å². The van der Waals surface area contributed by atoms with Gasteiger partial charge in [-0.3, -0.25) is 9.89 Å². The highest BCUT2D eigenvalue weighted by Gasteiger charge is 2.24. The minimum absolute atomic E-state index is 0.0233. The Morgan fingerprint density at radius 2 is 2.37 bits per heavy atom. The molecule has 0 aliphatic carbocycles. The summed E-state index contributed by atoms with van der Waals surface area (Å²) in [6.07, 6.45) is 6.08. The third-order valence-corrected chi connectivity index (χ3v) is 4.59. The number of aromatic nitrogens is 5. The van der Waals surface area contributed by atoms with Crippen LogP contribution in [0.3, 0.4) is 0 Å². The molecule has 140 valence electrons. The van der Waals surface area contributed by atoms with E-state index in [-0.39, 0.29) is 17.1 Å². The molecule has 4 rings (SSSR count). The number of hydrogen-bond donors (Lipinski definition) is 3. The van der Waals surface area contributed by atoms with Crippen molar-refractivity contribution < 1.29 is 9.32 Å². The molecule has 0 aromatic carbocycles. The van der Waals surface area contributed by atoms with Crippen LogP contribution in [0.1, 0.15) is 12.8 Å². The lowest BCUT2D eigenvalue weighted by atomic mass is 10.1. The minimum Gasteiger partial charge on any atom is -0.365 e. The number of carbonyl (C=O) groups excluding carboxylic acids is 1. The summed E-state index contributed by atoms with van der Waals surface area (Å²) in [5.74, 6) is 0.796. The van der Waals surface area contributed by atoms with Crippen molar-refractivity contribution in [1.29, 1.82) is 0 Å². The van der Waals surface area contributed by atoms with Crippen LogP contribution in [0.2, 0.25) is 5.15 Å². The second-order valence-corrected chi connectivity index (χ2v) is 6.50. The fourth-order valence-electron chi connectivity index (χ4n) is 3.07. The molecule has 0 spiro atoms. The van der Waals surface area contributed by atoms with E-state index in [1.807, 2.05) is 0 Å². The summed E-state index contributed by atoms with van der Waals surface area (Å²) in [6, 6.07) is 0.0233. The molecule has 3 aromatic rings. The summed E-state index contributed by atoms with van der Waals surface area (Å²) < 4.78 is 4.80. The van der Waals surface area contributed by atoms with Gasteiger partial charge in [-0.15, -0.1) is 0 Å². The van der Waals surface area contributed by atoms with Crippen LogP contribution in [0.5, 0.6) is 0 Å². The summed E-state index contributed by atoms with van der Waals surface area (Å²) in [6.45, 7) is 4.83. The number of carbonyl (C=O) groups is 1. The maximum absolute atomic E-state index is 11.9. The van der Waals surface area contributed by atoms with Crippen LogP contribution in [0, 0.1) is 0 Å². The lowest BCUT2D eigenvalue weighted by Crippen LogP contribution is -2.44. The summed E-state index contributed by atoms with van der Waals surface area (Å²) in [4.78, 5) is 22.6. The van der Waals surface area contributed by atoms with E-state index in [4.69, 9.17) is 16.1 Å². The van der Waals surface area contributed by atoms with Gasteiger partial charge < -0.3 is 20.1 Å². The van der Waals surface area contributed by atoms with E-state index in [0.717, 1.165) is 19.4 Å². The van der Waals surface area contributed by atoms with Gasteiger partial charge in [0, 0.05) is 19.1 Å². The fourth-order valence-corrected chi connectivity index (χ4v) is 3.29. The molecule has 0 saturated carbocycles. The first-order chi connectivity index (χ1) is 13.1. The lowest BCUT2D eigenvalue weighted by Gasteiger charge is -2.32. The van der Waals surface area contributed by atoms with E-state index in [2.05, 4.69) is 42.5 Å². The van der Waals surface area contributed by atoms with E-state index in [1.165, 1.54) is 18.5 Å². The number of piperidine rings is 1. The quantitative estimate of drug-likeness (QED) is 0.568. The first-order valence-electron chi connectivity index (χ1n) is 8.40. The topological polar surface area (TPSA) is 125 Å². The molecule has 27 heavy (non-hydrogen) atoms. The Kier molecular flexibility index (Phi) is 4.63. The van der Waals surface area contributed by atoms with Crippen molar-refractivity contribution in [3.63, 3.8) is 0 Å². The number of hydrogen-bond acceptors (Lipinski definition) is 8. The van der Waals surface area contributed by atoms with Gasteiger partial charge in [-0.25, -0.2) is 0 Å². The Bertz CT molecular complexity index is 970. The number of likely N-dealkylation sites (tertiary alicyclic amines) is 1. The highest BCUT2D eigenvalue weighted by molar-refractivity contribution is 6.35. The molecule has 1 aliphatic heterocycles. The molecule has 11 heteroatoms. The Morgan fingerprint density at radius 1 is 1.48 bits per heavy atom. The normalized spacial score (nSPS) is 17.1. The monoisotopic (exact) mass is 388 g/mol. The lowest BCUT2D eigenvalue weighted by molar-refractivity contribution is -0.127. The maximum atomic E-state index is 11.9. The molecule has 1 amide bonds. The number of halogens is 1. The molecule has 0 unspecified atom stereocenters. The number of anilines is 3. The fraction of sp³-hybridized carbons (Fsp3) is 0.312. The van der Waals surface area contributed by atoms with E-state index in [9.17, 15) is 4.79 Å². The summed E-state index contributed by atoms with van der Waals surface area (Å²) >= 11 is 6.21. The first kappa shape index (κ1) is 17.3. The molecule has 1 fully saturated rings. The van der Waals surface area contributed by atoms with Crippen molar-refractivity contribution in [3.8, 4) is 0 Å². The van der Waals surface area contributed by atoms with Crippen LogP contribution >= 0.6 is 11.6 Å². The Morgan fingerprint density at radius 3 is 3.15 bits per heavy atom. The third-order valence-electron chi connectivity index (χ3n) is 4.31. The van der Waals surface area contributed by atoms with Crippen molar-refractivity contribution >= 4 is 46.0 Å². The van der Waals surface area contributed by atoms with Crippen molar-refractivity contribution in [2.45, 2.75) is 18.9 Å². The highest BCUT2D eigenvalue weighted by atomic mass is 35.5. The van der Waals surface area contributed by atoms with Crippen LogP contribution in [-0.2, 0) is 4.79 Å². The van der Waals surface area contributed by atoms with E-state index in [0.29, 0.717) is 35.0 Å². The maximum Gasteiger partial charge on any atom is 0.246 e. The molecule has 3 N–H and O–H groups in total. The largest absolute Gasteiger partial charge is 0.365 e. The summed E-state index contributed by atoms with van der Waals surface area (Å²) in [5, 5.41) is 17.7. The van der Waals surface area contributed by atoms with Crippen LogP contribution < -0.4 is 10.6 Å². The molecule has 1 atom stereocenters. The van der Waals surface area contributed by atoms with Crippen LogP contribution in [0.15, 0.2) is 29.6 Å². The summed E-state index contributed by atoms with van der Waals surface area (Å²) in [7, 11) is 0. The van der Waals surface area contributed by atoms with Gasteiger partial charge in [-0.05, 0) is 18.9 Å². The molecular formula is C16H17ClN8O2. The molecule has 4 heterocycles. The number of aromatic amines is 1. The van der Waals surface area contributed by atoms with E-state index < -0.39 is 0 Å². The van der Waals surface area contributed by atoms with Gasteiger partial charge in [-0.2, -0.15) is 15.1 Å². The zero-order valence-electron chi connectivity index (χ0n) is 14.3. The van der Waals surface area contributed by atoms with E-state index >= 15 is 0 Å². The molecule has 0 radical (unpaired) electrons. The Balaban J connectivity index is 1.62. The number of amides is 1. The van der Waals surface area contributed by atoms with Gasteiger partial charge in [0.1, 0.15) is 23.2 Å². The Hall–Kier alpha value is -3.14. The van der Waals surface area contributed by atoms with Gasteiger partial charge in [0.15, 0.2) is 10.8 Å². The van der Waals surface area contributed by atoms with Crippen molar-refractivity contribution in [1.82, 2.24) is 30.2 Å². The van der Waals surface area contributed by atoms with Crippen LogP contribution in [0.25, 0.3) is 11.0 Å². The predicted molar refractivity (Wildman–Crippen MR) is 99.9 cm³/mol. The molecule has 0 bridgehead atoms. The molecular weight excluding hydrogens is 372 g/mol. The number of rotatable bonds is 5. The zero-order valence-corrected chi connectivity index (χ0v) is 15.0. The molecule has 10 nitrogen and oxygen atoms in total. The molecule has 1 saturated heterocycles. The van der Waals surface area contributed by atoms with Crippen molar-refractivity contribution in [2.24, 2.45) is 0 Å². The average molecular weight is 389 g/mol. The third kappa shape index (κ3) is 3.56. The summed E-state index contributed by atoms with van der Waals surface area (Å²) in [5.41, 5.74) is 1.11. The second-order valence-electron chi connectivity index (χ2n) is 6.14. The standard InChI is InChI=1S/C16H17ClN8O2/c1-2-11(26)25-5-3-4-9(7-25)19-14-12-13(17)23-24-15(12)22-16(21-14)20-10-6-18-27-8-10/h2,6,8-9H,1,3-5,7H2,(H3,19,20,21,22,23,24)/t9-/m1/s1. The molecule has 1 aliphatic rings. The van der Waals surface area contributed by atoms with Gasteiger partial charge in [0.05, 0.1) is 6.20 Å². The van der Waals surface area contributed by atoms with Gasteiger partial charge in [0.2, 0.25) is 11.9 Å². The van der Waals surface area contributed by atoms with Crippen molar-refractivity contribution in [3.05, 3.63) is 30.3 Å². The van der Waals surface area contributed by atoms with E-state index in [1.54, 1.807) is 4.90 Å². The number of nitrogens with one attached hydrogen (secondary N) is 3. The smallest absolute Gasteiger partial charge is 0.246 e. The second kappa shape index (κ2) is 7.23.